The van der Waals surface area contributed by atoms with Crippen molar-refractivity contribution < 1.29 is 9.35 Å². The van der Waals surface area contributed by atoms with Crippen molar-refractivity contribution in [1.82, 2.24) is 4.98 Å². The molecule has 0 radical (unpaired) electrons. The van der Waals surface area contributed by atoms with E-state index in [1.54, 1.807) is 12.1 Å². The fourth-order valence-electron chi connectivity index (χ4n) is 1.05. The van der Waals surface area contributed by atoms with Crippen molar-refractivity contribution in [3.63, 3.8) is 0 Å². The zero-order chi connectivity index (χ0) is 14.6. The third-order valence-electron chi connectivity index (χ3n) is 1.97. The molecule has 0 aromatic carbocycles. The van der Waals surface area contributed by atoms with Crippen molar-refractivity contribution in [2.75, 3.05) is 5.32 Å². The molecule has 0 spiro atoms. The Morgan fingerprint density at radius 1 is 1.53 bits per heavy atom. The van der Waals surface area contributed by atoms with Crippen LogP contribution in [0.2, 0.25) is 0 Å². The van der Waals surface area contributed by atoms with Crippen LogP contribution in [-0.2, 0) is 16.2 Å². The molecule has 1 rings (SSSR count). The van der Waals surface area contributed by atoms with Gasteiger partial charge >= 0.3 is 0 Å². The van der Waals surface area contributed by atoms with Gasteiger partial charge in [-0.1, -0.05) is 4.40 Å². The SMILES string of the molecule is CC(=O)Nc1ccc(Br)c(/C=N/[S+]([O-])C(C)(C)C)n1. The van der Waals surface area contributed by atoms with Crippen LogP contribution >= 0.6 is 15.9 Å². The number of amides is 1. The molecular formula is C12H16BrN3O2S. The summed E-state index contributed by atoms with van der Waals surface area (Å²) in [6.07, 6.45) is 1.44. The van der Waals surface area contributed by atoms with Crippen LogP contribution in [0.15, 0.2) is 21.0 Å². The first-order chi connectivity index (χ1) is 8.70. The molecule has 1 unspecified atom stereocenters. The lowest BCUT2D eigenvalue weighted by atomic mass is 10.3. The molecule has 19 heavy (non-hydrogen) atoms. The van der Waals surface area contributed by atoms with Crippen LogP contribution in [0.4, 0.5) is 5.82 Å². The molecular weight excluding hydrogens is 330 g/mol. The Labute approximate surface area is 124 Å². The average Bonchev–Trinajstić information content (AvgIpc) is 2.27. The van der Waals surface area contributed by atoms with E-state index in [-0.39, 0.29) is 5.91 Å². The molecule has 1 atom stereocenters. The topological polar surface area (TPSA) is 77.4 Å². The van der Waals surface area contributed by atoms with Crippen LogP contribution in [0.5, 0.6) is 0 Å². The average molecular weight is 346 g/mol. The number of rotatable bonds is 3. The first-order valence-corrected chi connectivity index (χ1v) is 7.50. The Balaban J connectivity index is 2.94. The molecule has 7 heteroatoms. The van der Waals surface area contributed by atoms with E-state index in [4.69, 9.17) is 0 Å². The predicted octanol–water partition coefficient (Wildman–Crippen LogP) is 2.68. The minimum Gasteiger partial charge on any atom is -0.591 e. The summed E-state index contributed by atoms with van der Waals surface area (Å²) in [7, 11) is 0. The van der Waals surface area contributed by atoms with E-state index >= 15 is 0 Å². The molecule has 1 aromatic rings. The molecule has 1 N–H and O–H groups in total. The molecule has 5 nitrogen and oxygen atoms in total. The number of carbonyl (C=O) groups excluding carboxylic acids is 1. The lowest BCUT2D eigenvalue weighted by molar-refractivity contribution is -0.114. The van der Waals surface area contributed by atoms with Gasteiger partial charge in [0.1, 0.15) is 33.8 Å². The Hall–Kier alpha value is -0.920. The summed E-state index contributed by atoms with van der Waals surface area (Å²) in [5.41, 5.74) is 0.517. The largest absolute Gasteiger partial charge is 0.591 e. The number of carbonyl (C=O) groups is 1. The fraction of sp³-hybridized carbons (Fsp3) is 0.417. The molecule has 1 amide bonds. The quantitative estimate of drug-likeness (QED) is 0.675. The fourth-order valence-corrected chi connectivity index (χ4v) is 1.89. The van der Waals surface area contributed by atoms with Crippen LogP contribution in [0, 0.1) is 0 Å². The third kappa shape index (κ3) is 5.30. The van der Waals surface area contributed by atoms with Gasteiger partial charge in [0.25, 0.3) is 0 Å². The molecule has 1 heterocycles. The molecule has 0 aliphatic rings. The van der Waals surface area contributed by atoms with Gasteiger partial charge in [0.2, 0.25) is 5.91 Å². The van der Waals surface area contributed by atoms with E-state index in [0.29, 0.717) is 11.5 Å². The van der Waals surface area contributed by atoms with E-state index in [1.807, 2.05) is 20.8 Å². The van der Waals surface area contributed by atoms with Gasteiger partial charge in [-0.15, -0.1) is 0 Å². The Bertz CT molecular complexity index is 500. The number of hydrogen-bond donors (Lipinski definition) is 1. The molecule has 0 aliphatic heterocycles. The summed E-state index contributed by atoms with van der Waals surface area (Å²) in [6, 6.07) is 3.42. The van der Waals surface area contributed by atoms with Gasteiger partial charge in [0.05, 0.1) is 0 Å². The molecule has 0 saturated carbocycles. The number of nitrogens with one attached hydrogen (secondary N) is 1. The minimum absolute atomic E-state index is 0.198. The highest BCUT2D eigenvalue weighted by molar-refractivity contribution is 9.10. The number of hydrogen-bond acceptors (Lipinski definition) is 4. The van der Waals surface area contributed by atoms with Crippen molar-refractivity contribution in [2.45, 2.75) is 32.4 Å². The van der Waals surface area contributed by atoms with Crippen molar-refractivity contribution in [3.05, 3.63) is 22.3 Å². The number of pyridine rings is 1. The van der Waals surface area contributed by atoms with Crippen LogP contribution in [0.3, 0.4) is 0 Å². The van der Waals surface area contributed by atoms with Gasteiger partial charge in [-0.05, 0) is 48.8 Å². The standard InChI is InChI=1S/C12H16BrN3O2S/c1-8(17)15-11-6-5-9(13)10(16-11)7-14-19(18)12(2,3)4/h5-7H,1-4H3,(H,15,16,17)/b14-7+. The number of aromatic nitrogens is 1. The number of anilines is 1. The second kappa shape index (κ2) is 6.49. The van der Waals surface area contributed by atoms with Gasteiger partial charge < -0.3 is 9.87 Å². The van der Waals surface area contributed by atoms with E-state index in [9.17, 15) is 9.35 Å². The maximum Gasteiger partial charge on any atom is 0.222 e. The van der Waals surface area contributed by atoms with Crippen LogP contribution in [-0.4, -0.2) is 26.4 Å². The third-order valence-corrected chi connectivity index (χ3v) is 3.99. The van der Waals surface area contributed by atoms with Crippen molar-refractivity contribution in [3.8, 4) is 0 Å². The monoisotopic (exact) mass is 345 g/mol. The van der Waals surface area contributed by atoms with E-state index < -0.39 is 16.1 Å². The van der Waals surface area contributed by atoms with E-state index in [1.165, 1.54) is 13.1 Å². The van der Waals surface area contributed by atoms with Gasteiger partial charge in [0.15, 0.2) is 0 Å². The molecule has 104 valence electrons. The highest BCUT2D eigenvalue weighted by Gasteiger charge is 2.25. The van der Waals surface area contributed by atoms with Gasteiger partial charge in [0, 0.05) is 11.4 Å². The molecule has 0 saturated heterocycles. The van der Waals surface area contributed by atoms with Crippen LogP contribution < -0.4 is 5.32 Å². The summed E-state index contributed by atoms with van der Waals surface area (Å²) in [4.78, 5) is 15.2. The number of halogens is 1. The summed E-state index contributed by atoms with van der Waals surface area (Å²) in [5, 5.41) is 2.58. The first-order valence-electron chi connectivity index (χ1n) is 5.60. The normalized spacial score (nSPS) is 13.6. The maximum atomic E-state index is 11.8. The Kier molecular flexibility index (Phi) is 5.51. The zero-order valence-electron chi connectivity index (χ0n) is 11.2. The van der Waals surface area contributed by atoms with Crippen LogP contribution in [0.1, 0.15) is 33.4 Å². The lowest BCUT2D eigenvalue weighted by Crippen LogP contribution is -2.25. The van der Waals surface area contributed by atoms with Crippen molar-refractivity contribution in [1.29, 1.82) is 0 Å². The Morgan fingerprint density at radius 3 is 2.68 bits per heavy atom. The van der Waals surface area contributed by atoms with Gasteiger partial charge in [-0.2, -0.15) is 0 Å². The minimum atomic E-state index is -1.34. The van der Waals surface area contributed by atoms with Gasteiger partial charge in [-0.3, -0.25) is 4.79 Å². The second-order valence-corrected chi connectivity index (χ2v) is 7.63. The summed E-state index contributed by atoms with van der Waals surface area (Å²) < 4.78 is 16.1. The smallest absolute Gasteiger partial charge is 0.222 e. The highest BCUT2D eigenvalue weighted by Crippen LogP contribution is 2.19. The summed E-state index contributed by atoms with van der Waals surface area (Å²) >= 11 is 1.99. The highest BCUT2D eigenvalue weighted by atomic mass is 79.9. The zero-order valence-corrected chi connectivity index (χ0v) is 13.6. The Morgan fingerprint density at radius 2 is 2.16 bits per heavy atom. The molecule has 0 bridgehead atoms. The summed E-state index contributed by atoms with van der Waals surface area (Å²) in [6.45, 7) is 6.94. The molecule has 0 fully saturated rings. The van der Waals surface area contributed by atoms with E-state index in [2.05, 4.69) is 30.6 Å². The van der Waals surface area contributed by atoms with Gasteiger partial charge in [-0.25, -0.2) is 4.98 Å². The van der Waals surface area contributed by atoms with Crippen molar-refractivity contribution in [2.24, 2.45) is 4.40 Å². The molecule has 1 aromatic heterocycles. The first kappa shape index (κ1) is 16.1. The molecule has 0 aliphatic carbocycles. The lowest BCUT2D eigenvalue weighted by Gasteiger charge is -2.17. The van der Waals surface area contributed by atoms with E-state index in [0.717, 1.165) is 4.47 Å². The van der Waals surface area contributed by atoms with Crippen molar-refractivity contribution >= 4 is 45.2 Å². The second-order valence-electron chi connectivity index (χ2n) is 4.84. The maximum absolute atomic E-state index is 11.8. The predicted molar refractivity (Wildman–Crippen MR) is 81.7 cm³/mol. The summed E-state index contributed by atoms with van der Waals surface area (Å²) in [5.74, 6) is 0.231. The van der Waals surface area contributed by atoms with Crippen LogP contribution in [0.25, 0.3) is 0 Å². The number of nitrogens with zero attached hydrogens (tertiary/aromatic N) is 2.